The number of sulfonamides is 1. The van der Waals surface area contributed by atoms with E-state index < -0.39 is 22.2 Å². The van der Waals surface area contributed by atoms with E-state index in [2.05, 4.69) is 20.3 Å². The SMILES string of the molecule is CCc1ccc(S(=O)(=O)N[C@@H]2c3cc(N=C(NC#N)Nc4cccc(OC)c4)ccc3C[C@H]2O)cc1. The summed E-state index contributed by atoms with van der Waals surface area (Å²) >= 11 is 0. The minimum absolute atomic E-state index is 0.137. The van der Waals surface area contributed by atoms with Crippen LogP contribution in [0.5, 0.6) is 5.75 Å². The van der Waals surface area contributed by atoms with Gasteiger partial charge in [0, 0.05) is 18.2 Å². The van der Waals surface area contributed by atoms with Crippen molar-refractivity contribution in [3.63, 3.8) is 0 Å². The highest BCUT2D eigenvalue weighted by Crippen LogP contribution is 2.35. The summed E-state index contributed by atoms with van der Waals surface area (Å²) < 4.78 is 33.9. The number of aliphatic hydroxyl groups excluding tert-OH is 1. The minimum Gasteiger partial charge on any atom is -0.497 e. The van der Waals surface area contributed by atoms with E-state index in [-0.39, 0.29) is 10.9 Å². The van der Waals surface area contributed by atoms with Crippen molar-refractivity contribution >= 4 is 27.4 Å². The van der Waals surface area contributed by atoms with E-state index in [1.807, 2.05) is 13.1 Å². The lowest BCUT2D eigenvalue weighted by Gasteiger charge is -2.18. The Kier molecular flexibility index (Phi) is 7.55. The van der Waals surface area contributed by atoms with Crippen LogP contribution in [0.1, 0.15) is 29.7 Å². The average Bonchev–Trinajstić information content (AvgIpc) is 3.18. The molecule has 186 valence electrons. The van der Waals surface area contributed by atoms with E-state index in [0.717, 1.165) is 17.5 Å². The molecule has 0 saturated carbocycles. The largest absolute Gasteiger partial charge is 0.497 e. The third kappa shape index (κ3) is 5.66. The van der Waals surface area contributed by atoms with E-state index in [1.165, 1.54) is 0 Å². The average molecular weight is 506 g/mol. The molecule has 3 aromatic carbocycles. The first-order valence-corrected chi connectivity index (χ1v) is 12.9. The number of methoxy groups -OCH3 is 1. The van der Waals surface area contributed by atoms with Gasteiger partial charge in [-0.1, -0.05) is 31.2 Å². The van der Waals surface area contributed by atoms with Crippen molar-refractivity contribution in [3.8, 4) is 11.9 Å². The highest BCUT2D eigenvalue weighted by molar-refractivity contribution is 7.89. The van der Waals surface area contributed by atoms with Crippen LogP contribution in [-0.2, 0) is 22.9 Å². The van der Waals surface area contributed by atoms with Gasteiger partial charge in [0.15, 0.2) is 6.19 Å². The molecular formula is C26H27N5O4S. The molecule has 0 radical (unpaired) electrons. The summed E-state index contributed by atoms with van der Waals surface area (Å²) in [6, 6.07) is 18.3. The Morgan fingerprint density at radius 1 is 1.17 bits per heavy atom. The first-order valence-electron chi connectivity index (χ1n) is 11.4. The monoisotopic (exact) mass is 505 g/mol. The van der Waals surface area contributed by atoms with Gasteiger partial charge in [0.1, 0.15) is 5.75 Å². The number of guanidine groups is 1. The number of nitrogens with zero attached hydrogens (tertiary/aromatic N) is 2. The molecule has 2 atom stereocenters. The quantitative estimate of drug-likeness (QED) is 0.167. The Bertz CT molecular complexity index is 1410. The minimum atomic E-state index is -3.86. The second-order valence-corrected chi connectivity index (χ2v) is 10.0. The van der Waals surface area contributed by atoms with Gasteiger partial charge in [-0.05, 0) is 59.5 Å². The number of rotatable bonds is 7. The van der Waals surface area contributed by atoms with Crippen LogP contribution in [0.15, 0.2) is 76.6 Å². The van der Waals surface area contributed by atoms with Crippen LogP contribution < -0.4 is 20.1 Å². The van der Waals surface area contributed by atoms with Crippen molar-refractivity contribution < 1.29 is 18.3 Å². The summed E-state index contributed by atoms with van der Waals surface area (Å²) in [4.78, 5) is 4.62. The number of ether oxygens (including phenoxy) is 1. The Morgan fingerprint density at radius 3 is 2.64 bits per heavy atom. The van der Waals surface area contributed by atoms with Crippen LogP contribution in [0, 0.1) is 11.5 Å². The lowest BCUT2D eigenvalue weighted by molar-refractivity contribution is 0.151. The molecule has 0 fully saturated rings. The number of fused-ring (bicyclic) bond motifs is 1. The van der Waals surface area contributed by atoms with Crippen molar-refractivity contribution in [3.05, 3.63) is 83.4 Å². The zero-order chi connectivity index (χ0) is 25.7. The molecule has 0 aromatic heterocycles. The van der Waals surface area contributed by atoms with Gasteiger partial charge in [0.2, 0.25) is 16.0 Å². The Balaban J connectivity index is 1.60. The number of aliphatic hydroxyl groups is 1. The van der Waals surface area contributed by atoms with Gasteiger partial charge < -0.3 is 15.2 Å². The number of nitriles is 1. The van der Waals surface area contributed by atoms with Gasteiger partial charge in [-0.2, -0.15) is 5.26 Å². The number of hydrogen-bond acceptors (Lipinski definition) is 6. The number of anilines is 1. The fraction of sp³-hybridized carbons (Fsp3) is 0.231. The molecule has 1 aliphatic carbocycles. The van der Waals surface area contributed by atoms with E-state index >= 15 is 0 Å². The summed E-state index contributed by atoms with van der Waals surface area (Å²) in [5.74, 6) is 0.819. The van der Waals surface area contributed by atoms with Crippen LogP contribution in [0.3, 0.4) is 0 Å². The number of aryl methyl sites for hydroxylation is 1. The number of aliphatic imine (C=N–C) groups is 1. The second-order valence-electron chi connectivity index (χ2n) is 8.31. The number of benzene rings is 3. The molecule has 1 aliphatic rings. The summed E-state index contributed by atoms with van der Waals surface area (Å²) in [6.45, 7) is 2.00. The third-order valence-corrected chi connectivity index (χ3v) is 7.41. The Morgan fingerprint density at radius 2 is 1.94 bits per heavy atom. The Hall–Kier alpha value is -3.91. The van der Waals surface area contributed by atoms with E-state index in [4.69, 9.17) is 4.74 Å². The van der Waals surface area contributed by atoms with Crippen LogP contribution in [-0.4, -0.2) is 32.7 Å². The zero-order valence-corrected chi connectivity index (χ0v) is 20.7. The summed E-state index contributed by atoms with van der Waals surface area (Å²) in [5.41, 5.74) is 3.63. The van der Waals surface area contributed by atoms with Crippen molar-refractivity contribution in [1.29, 1.82) is 5.26 Å². The van der Waals surface area contributed by atoms with Crippen LogP contribution in [0.2, 0.25) is 0 Å². The van der Waals surface area contributed by atoms with Gasteiger partial charge >= 0.3 is 0 Å². The molecule has 0 amide bonds. The van der Waals surface area contributed by atoms with Crippen molar-refractivity contribution in [1.82, 2.24) is 10.0 Å². The molecule has 0 unspecified atom stereocenters. The van der Waals surface area contributed by atoms with E-state index in [1.54, 1.807) is 73.8 Å². The van der Waals surface area contributed by atoms with Crippen LogP contribution in [0.4, 0.5) is 11.4 Å². The summed E-state index contributed by atoms with van der Waals surface area (Å²) in [5, 5.41) is 25.4. The number of hydrogen-bond donors (Lipinski definition) is 4. The normalized spacial score (nSPS) is 17.2. The Labute approximate surface area is 210 Å². The van der Waals surface area contributed by atoms with Gasteiger partial charge in [-0.15, -0.1) is 0 Å². The topological polar surface area (TPSA) is 136 Å². The zero-order valence-electron chi connectivity index (χ0n) is 19.9. The number of nitrogens with one attached hydrogen (secondary N) is 3. The molecule has 0 spiro atoms. The van der Waals surface area contributed by atoms with E-state index in [9.17, 15) is 18.8 Å². The molecule has 3 aromatic rings. The lowest BCUT2D eigenvalue weighted by Crippen LogP contribution is -2.33. The van der Waals surface area contributed by atoms with Gasteiger partial charge in [0.25, 0.3) is 0 Å². The maximum absolute atomic E-state index is 13.0. The molecule has 9 nitrogen and oxygen atoms in total. The maximum Gasteiger partial charge on any atom is 0.241 e. The van der Waals surface area contributed by atoms with Crippen molar-refractivity contribution in [2.45, 2.75) is 36.8 Å². The molecule has 10 heteroatoms. The van der Waals surface area contributed by atoms with Crippen LogP contribution in [0.25, 0.3) is 0 Å². The first kappa shape index (κ1) is 25.2. The smallest absolute Gasteiger partial charge is 0.241 e. The van der Waals surface area contributed by atoms with Crippen molar-refractivity contribution in [2.24, 2.45) is 4.99 Å². The maximum atomic E-state index is 13.0. The van der Waals surface area contributed by atoms with E-state index in [0.29, 0.717) is 29.1 Å². The standard InChI is InChI=1S/C26H27N5O4S/c1-3-17-7-11-22(12-8-17)36(33,34)31-25-23-15-20(10-9-18(23)13-24(25)32)30-26(28-16-27)29-19-5-4-6-21(14-19)35-2/h4-12,14-15,24-25,31-32H,3,13H2,1-2H3,(H2,28,29,30)/t24-,25-/m1/s1. The molecule has 0 heterocycles. The molecule has 0 aliphatic heterocycles. The predicted molar refractivity (Wildman–Crippen MR) is 137 cm³/mol. The lowest BCUT2D eigenvalue weighted by atomic mass is 10.1. The van der Waals surface area contributed by atoms with Gasteiger partial charge in [-0.25, -0.2) is 18.1 Å². The molecule has 4 rings (SSSR count). The molecule has 4 N–H and O–H groups in total. The van der Waals surface area contributed by atoms with Crippen molar-refractivity contribution in [2.75, 3.05) is 12.4 Å². The molecular weight excluding hydrogens is 478 g/mol. The predicted octanol–water partition coefficient (Wildman–Crippen LogP) is 3.36. The molecule has 0 bridgehead atoms. The van der Waals surface area contributed by atoms with Crippen LogP contribution >= 0.6 is 0 Å². The summed E-state index contributed by atoms with van der Waals surface area (Å²) in [6.07, 6.45) is 2.05. The molecule has 0 saturated heterocycles. The fourth-order valence-corrected chi connectivity index (χ4v) is 5.31. The highest BCUT2D eigenvalue weighted by atomic mass is 32.2. The first-order chi connectivity index (χ1) is 17.3. The summed E-state index contributed by atoms with van der Waals surface area (Å²) in [7, 11) is -2.30. The fourth-order valence-electron chi connectivity index (χ4n) is 4.07. The van der Waals surface area contributed by atoms with Gasteiger partial charge in [-0.3, -0.25) is 5.32 Å². The third-order valence-electron chi connectivity index (χ3n) is 5.95. The second kappa shape index (κ2) is 10.8. The van der Waals surface area contributed by atoms with Gasteiger partial charge in [0.05, 0.1) is 29.8 Å². The molecule has 36 heavy (non-hydrogen) atoms. The highest BCUT2D eigenvalue weighted by Gasteiger charge is 2.34.